The van der Waals surface area contributed by atoms with Crippen LogP contribution in [0.4, 0.5) is 0 Å². The minimum Gasteiger partial charge on any atom is -0.466 e. The fraction of sp³-hybridized carbons (Fsp3) is 0.917. The second-order valence-electron chi connectivity index (χ2n) is 3.92. The summed E-state index contributed by atoms with van der Waals surface area (Å²) >= 11 is 0. The van der Waals surface area contributed by atoms with Crippen molar-refractivity contribution in [2.45, 2.75) is 45.1 Å². The molecular formula is C12H24O4S2. The van der Waals surface area contributed by atoms with Crippen molar-refractivity contribution in [1.82, 2.24) is 0 Å². The van der Waals surface area contributed by atoms with Crippen molar-refractivity contribution in [3.8, 4) is 0 Å². The largest absolute Gasteiger partial charge is 0.466 e. The Labute approximate surface area is 117 Å². The van der Waals surface area contributed by atoms with Gasteiger partial charge < -0.3 is 14.9 Å². The van der Waals surface area contributed by atoms with E-state index in [9.17, 15) is 4.79 Å². The minimum atomic E-state index is -0.570. The maximum atomic E-state index is 10.8. The lowest BCUT2D eigenvalue weighted by Crippen LogP contribution is -2.14. The monoisotopic (exact) mass is 296 g/mol. The smallest absolute Gasteiger partial charge is 0.305 e. The molecule has 0 aromatic heterocycles. The number of carbonyl (C=O) groups is 1. The van der Waals surface area contributed by atoms with Gasteiger partial charge in [0.2, 0.25) is 0 Å². The quantitative estimate of drug-likeness (QED) is 0.555. The highest BCUT2D eigenvalue weighted by atomic mass is 33.1. The molecule has 1 saturated heterocycles. The number of hydrogen-bond acceptors (Lipinski definition) is 6. The summed E-state index contributed by atoms with van der Waals surface area (Å²) in [6.45, 7) is 2.10. The van der Waals surface area contributed by atoms with E-state index in [-0.39, 0.29) is 19.2 Å². The van der Waals surface area contributed by atoms with E-state index < -0.39 is 6.10 Å². The van der Waals surface area contributed by atoms with Crippen LogP contribution in [0.15, 0.2) is 0 Å². The van der Waals surface area contributed by atoms with Crippen molar-refractivity contribution in [3.05, 3.63) is 0 Å². The van der Waals surface area contributed by atoms with Crippen molar-refractivity contribution in [2.24, 2.45) is 0 Å². The Morgan fingerprint density at radius 2 is 2.00 bits per heavy atom. The summed E-state index contributed by atoms with van der Waals surface area (Å²) in [6, 6.07) is 0. The average Bonchev–Trinajstić information content (AvgIpc) is 2.88. The Morgan fingerprint density at radius 3 is 2.44 bits per heavy atom. The van der Waals surface area contributed by atoms with E-state index in [0.717, 1.165) is 6.42 Å². The van der Waals surface area contributed by atoms with E-state index in [4.69, 9.17) is 14.9 Å². The lowest BCUT2D eigenvalue weighted by atomic mass is 10.2. The van der Waals surface area contributed by atoms with Gasteiger partial charge in [-0.05, 0) is 19.3 Å². The Bertz CT molecular complexity index is 191. The summed E-state index contributed by atoms with van der Waals surface area (Å²) in [7, 11) is 3.98. The standard InChI is InChI=1S/C9H18O4.C3H6S2/c1-2-3-9(12)13-7-5-8(11)4-6-10;1-2-4-5-3-1/h8,10-11H,2-7H2,1H3;1-3H2/t8-;/m1./s1. The van der Waals surface area contributed by atoms with Gasteiger partial charge in [-0.15, -0.1) is 0 Å². The van der Waals surface area contributed by atoms with Crippen LogP contribution in [0.5, 0.6) is 0 Å². The highest BCUT2D eigenvalue weighted by molar-refractivity contribution is 8.77. The second kappa shape index (κ2) is 13.5. The first-order valence-corrected chi connectivity index (χ1v) is 8.88. The number of carbonyl (C=O) groups excluding carboxylic acids is 1. The number of aliphatic hydroxyl groups excluding tert-OH is 2. The molecule has 1 aliphatic heterocycles. The molecule has 1 atom stereocenters. The minimum absolute atomic E-state index is 0.0376. The molecular weight excluding hydrogens is 272 g/mol. The van der Waals surface area contributed by atoms with Gasteiger partial charge in [0, 0.05) is 31.0 Å². The van der Waals surface area contributed by atoms with Crippen molar-refractivity contribution in [1.29, 1.82) is 0 Å². The lowest BCUT2D eigenvalue weighted by molar-refractivity contribution is -0.144. The first-order valence-electron chi connectivity index (χ1n) is 6.39. The Hall–Kier alpha value is 0.0900. The van der Waals surface area contributed by atoms with Gasteiger partial charge >= 0.3 is 5.97 Å². The van der Waals surface area contributed by atoms with Crippen LogP contribution in [-0.4, -0.2) is 47.0 Å². The van der Waals surface area contributed by atoms with E-state index in [2.05, 4.69) is 0 Å². The van der Waals surface area contributed by atoms with Crippen molar-refractivity contribution in [3.63, 3.8) is 0 Å². The molecule has 0 bridgehead atoms. The highest BCUT2D eigenvalue weighted by Crippen LogP contribution is 2.29. The summed E-state index contributed by atoms with van der Waals surface area (Å²) in [5.41, 5.74) is 0. The SMILES string of the molecule is C1CSSC1.CCCC(=O)OCC[C@H](O)CCO. The summed E-state index contributed by atoms with van der Waals surface area (Å²) in [6.07, 6.45) is 2.80. The summed E-state index contributed by atoms with van der Waals surface area (Å²) < 4.78 is 4.82. The molecule has 1 rings (SSSR count). The molecule has 108 valence electrons. The first-order chi connectivity index (χ1) is 8.70. The number of rotatable bonds is 7. The molecule has 0 amide bonds. The molecule has 0 radical (unpaired) electrons. The third kappa shape index (κ3) is 12.5. The Morgan fingerprint density at radius 1 is 1.33 bits per heavy atom. The molecule has 1 heterocycles. The third-order valence-electron chi connectivity index (χ3n) is 2.17. The molecule has 1 fully saturated rings. The molecule has 18 heavy (non-hydrogen) atoms. The van der Waals surface area contributed by atoms with Gasteiger partial charge in [0.25, 0.3) is 0 Å². The van der Waals surface area contributed by atoms with Crippen LogP contribution in [0, 0.1) is 0 Å². The molecule has 0 aliphatic carbocycles. The van der Waals surface area contributed by atoms with Gasteiger partial charge in [-0.25, -0.2) is 0 Å². The lowest BCUT2D eigenvalue weighted by Gasteiger charge is -2.08. The van der Waals surface area contributed by atoms with Crippen LogP contribution < -0.4 is 0 Å². The summed E-state index contributed by atoms with van der Waals surface area (Å²) in [5.74, 6) is 2.54. The molecule has 0 unspecified atom stereocenters. The third-order valence-corrected chi connectivity index (χ3v) is 4.75. The van der Waals surface area contributed by atoms with Gasteiger partial charge in [0.1, 0.15) is 0 Å². The predicted molar refractivity (Wildman–Crippen MR) is 77.7 cm³/mol. The summed E-state index contributed by atoms with van der Waals surface area (Å²) in [5, 5.41) is 17.6. The topological polar surface area (TPSA) is 66.8 Å². The van der Waals surface area contributed by atoms with Crippen molar-refractivity contribution in [2.75, 3.05) is 24.7 Å². The van der Waals surface area contributed by atoms with Crippen LogP contribution in [0.1, 0.15) is 39.0 Å². The zero-order chi connectivity index (χ0) is 13.6. The number of ether oxygens (including phenoxy) is 1. The van der Waals surface area contributed by atoms with Gasteiger partial charge in [0.05, 0.1) is 12.7 Å². The van der Waals surface area contributed by atoms with Crippen LogP contribution >= 0.6 is 21.6 Å². The Balaban J connectivity index is 0.000000473. The van der Waals surface area contributed by atoms with Gasteiger partial charge in [-0.1, -0.05) is 28.5 Å². The normalized spacial score (nSPS) is 15.7. The fourth-order valence-electron chi connectivity index (χ4n) is 1.17. The van der Waals surface area contributed by atoms with E-state index in [1.807, 2.05) is 28.5 Å². The second-order valence-corrected chi connectivity index (χ2v) is 6.62. The van der Waals surface area contributed by atoms with Crippen LogP contribution in [0.25, 0.3) is 0 Å². The first kappa shape index (κ1) is 18.1. The maximum Gasteiger partial charge on any atom is 0.305 e. The average molecular weight is 296 g/mol. The van der Waals surface area contributed by atoms with E-state index in [1.54, 1.807) is 0 Å². The highest BCUT2D eigenvalue weighted by Gasteiger charge is 2.05. The van der Waals surface area contributed by atoms with E-state index in [1.165, 1.54) is 17.9 Å². The Kier molecular flexibility index (Phi) is 13.6. The zero-order valence-electron chi connectivity index (χ0n) is 11.0. The van der Waals surface area contributed by atoms with E-state index >= 15 is 0 Å². The van der Waals surface area contributed by atoms with Crippen LogP contribution in [0.3, 0.4) is 0 Å². The molecule has 1 aliphatic rings. The number of esters is 1. The molecule has 0 aromatic rings. The van der Waals surface area contributed by atoms with Crippen molar-refractivity contribution < 1.29 is 19.7 Å². The molecule has 2 N–H and O–H groups in total. The summed E-state index contributed by atoms with van der Waals surface area (Å²) in [4.78, 5) is 10.8. The van der Waals surface area contributed by atoms with Gasteiger partial charge in [-0.2, -0.15) is 0 Å². The van der Waals surface area contributed by atoms with Crippen LogP contribution in [0.2, 0.25) is 0 Å². The maximum absolute atomic E-state index is 10.8. The molecule has 0 aromatic carbocycles. The predicted octanol–water partition coefficient (Wildman–Crippen LogP) is 2.23. The number of aliphatic hydroxyl groups is 2. The fourth-order valence-corrected chi connectivity index (χ4v) is 3.53. The van der Waals surface area contributed by atoms with E-state index in [0.29, 0.717) is 19.3 Å². The van der Waals surface area contributed by atoms with Gasteiger partial charge in [-0.3, -0.25) is 4.79 Å². The number of hydrogen-bond donors (Lipinski definition) is 2. The molecule has 4 nitrogen and oxygen atoms in total. The van der Waals surface area contributed by atoms with Crippen LogP contribution in [-0.2, 0) is 9.53 Å². The van der Waals surface area contributed by atoms with Gasteiger partial charge in [0.15, 0.2) is 0 Å². The molecule has 0 spiro atoms. The molecule has 6 heteroatoms. The zero-order valence-corrected chi connectivity index (χ0v) is 12.6. The van der Waals surface area contributed by atoms with Crippen molar-refractivity contribution >= 4 is 27.6 Å². The molecule has 0 saturated carbocycles.